The highest BCUT2D eigenvalue weighted by molar-refractivity contribution is 5.81. The number of rotatable bonds is 6. The smallest absolute Gasteiger partial charge is 0.240 e. The van der Waals surface area contributed by atoms with E-state index in [1.165, 1.54) is 0 Å². The molecule has 106 valence electrons. The summed E-state index contributed by atoms with van der Waals surface area (Å²) in [6.45, 7) is 3.02. The number of carbonyl (C=O) groups excluding carboxylic acids is 1. The average molecular weight is 272 g/mol. The minimum atomic E-state index is -0.521. The molecule has 1 amide bonds. The predicted molar refractivity (Wildman–Crippen MR) is 77.9 cm³/mol. The van der Waals surface area contributed by atoms with Gasteiger partial charge in [0.25, 0.3) is 0 Å². The Kier molecular flexibility index (Phi) is 4.96. The molecule has 20 heavy (non-hydrogen) atoms. The molecule has 0 unspecified atom stereocenters. The number of nitrogens with zero attached hydrogens (tertiary/aromatic N) is 1. The Balaban J connectivity index is 1.97. The summed E-state index contributed by atoms with van der Waals surface area (Å²) in [6.07, 6.45) is 2.16. The van der Waals surface area contributed by atoms with Crippen molar-refractivity contribution in [2.45, 2.75) is 25.9 Å². The van der Waals surface area contributed by atoms with Gasteiger partial charge < -0.3 is 15.1 Å². The van der Waals surface area contributed by atoms with Crippen LogP contribution in [0.3, 0.4) is 0 Å². The van der Waals surface area contributed by atoms with E-state index in [9.17, 15) is 4.79 Å². The first-order valence-electron chi connectivity index (χ1n) is 6.81. The van der Waals surface area contributed by atoms with Gasteiger partial charge in [0.2, 0.25) is 5.91 Å². The van der Waals surface area contributed by atoms with Crippen molar-refractivity contribution >= 4 is 5.91 Å². The number of furan rings is 1. The fraction of sp³-hybridized carbons (Fsp3) is 0.312. The van der Waals surface area contributed by atoms with Gasteiger partial charge in [-0.1, -0.05) is 30.3 Å². The van der Waals surface area contributed by atoms with Crippen LogP contribution in [-0.4, -0.2) is 23.4 Å². The maximum atomic E-state index is 12.4. The summed E-state index contributed by atoms with van der Waals surface area (Å²) in [6, 6.07) is 13.0. The summed E-state index contributed by atoms with van der Waals surface area (Å²) in [5.74, 6) is 0.722. The molecule has 1 atom stereocenters. The van der Waals surface area contributed by atoms with Crippen LogP contribution in [0.15, 0.2) is 53.1 Å². The molecule has 0 radical (unpaired) electrons. The Morgan fingerprint density at radius 1 is 1.25 bits per heavy atom. The van der Waals surface area contributed by atoms with Crippen molar-refractivity contribution in [3.8, 4) is 0 Å². The second-order valence-corrected chi connectivity index (χ2v) is 4.73. The topological polar surface area (TPSA) is 59.5 Å². The minimum absolute atomic E-state index is 0.0484. The molecule has 0 bridgehead atoms. The van der Waals surface area contributed by atoms with Gasteiger partial charge in [-0.2, -0.15) is 0 Å². The third kappa shape index (κ3) is 3.71. The molecule has 1 aromatic carbocycles. The molecular formula is C16H20N2O2. The fourth-order valence-electron chi connectivity index (χ4n) is 2.13. The van der Waals surface area contributed by atoms with E-state index in [0.29, 0.717) is 19.5 Å². The van der Waals surface area contributed by atoms with E-state index in [0.717, 1.165) is 11.3 Å². The van der Waals surface area contributed by atoms with Crippen LogP contribution in [-0.2, 0) is 17.8 Å². The van der Waals surface area contributed by atoms with Crippen molar-refractivity contribution in [2.24, 2.45) is 5.73 Å². The first-order chi connectivity index (χ1) is 9.70. The van der Waals surface area contributed by atoms with Gasteiger partial charge in [-0.25, -0.2) is 0 Å². The highest BCUT2D eigenvalue weighted by Gasteiger charge is 2.20. The van der Waals surface area contributed by atoms with E-state index < -0.39 is 6.04 Å². The molecule has 0 aliphatic carbocycles. The molecule has 0 aliphatic heterocycles. The van der Waals surface area contributed by atoms with Gasteiger partial charge in [-0.05, 0) is 31.0 Å². The summed E-state index contributed by atoms with van der Waals surface area (Å²) in [7, 11) is 0. The zero-order valence-electron chi connectivity index (χ0n) is 11.7. The van der Waals surface area contributed by atoms with E-state index in [2.05, 4.69) is 0 Å². The lowest BCUT2D eigenvalue weighted by Gasteiger charge is -2.23. The standard InChI is InChI=1S/C16H20N2O2/c1-2-18(12-14-9-6-10-20-14)16(19)15(17)11-13-7-4-3-5-8-13/h3-10,15H,2,11-12,17H2,1H3/t15-/m0/s1. The molecule has 0 fully saturated rings. The van der Waals surface area contributed by atoms with Crippen molar-refractivity contribution in [3.05, 3.63) is 60.1 Å². The lowest BCUT2D eigenvalue weighted by atomic mass is 10.1. The summed E-state index contributed by atoms with van der Waals surface area (Å²) >= 11 is 0. The van der Waals surface area contributed by atoms with Crippen molar-refractivity contribution in [3.63, 3.8) is 0 Å². The monoisotopic (exact) mass is 272 g/mol. The van der Waals surface area contributed by atoms with Crippen LogP contribution in [0.4, 0.5) is 0 Å². The van der Waals surface area contributed by atoms with Crippen LogP contribution < -0.4 is 5.73 Å². The van der Waals surface area contributed by atoms with Gasteiger partial charge in [0, 0.05) is 6.54 Å². The van der Waals surface area contributed by atoms with Crippen molar-refractivity contribution < 1.29 is 9.21 Å². The molecule has 1 heterocycles. The maximum absolute atomic E-state index is 12.4. The lowest BCUT2D eigenvalue weighted by Crippen LogP contribution is -2.44. The molecule has 0 saturated heterocycles. The molecule has 2 N–H and O–H groups in total. The second kappa shape index (κ2) is 6.91. The minimum Gasteiger partial charge on any atom is -0.467 e. The van der Waals surface area contributed by atoms with Gasteiger partial charge in [0.1, 0.15) is 5.76 Å². The fourth-order valence-corrected chi connectivity index (χ4v) is 2.13. The predicted octanol–water partition coefficient (Wildman–Crippen LogP) is 2.20. The largest absolute Gasteiger partial charge is 0.467 e. The first-order valence-corrected chi connectivity index (χ1v) is 6.81. The summed E-state index contributed by atoms with van der Waals surface area (Å²) in [5, 5.41) is 0. The molecule has 0 spiro atoms. The highest BCUT2D eigenvalue weighted by atomic mass is 16.3. The Hall–Kier alpha value is -2.07. The maximum Gasteiger partial charge on any atom is 0.240 e. The Labute approximate surface area is 119 Å². The molecule has 1 aromatic heterocycles. The number of benzene rings is 1. The molecule has 4 nitrogen and oxygen atoms in total. The number of amides is 1. The zero-order valence-corrected chi connectivity index (χ0v) is 11.7. The Morgan fingerprint density at radius 2 is 2.00 bits per heavy atom. The van der Waals surface area contributed by atoms with E-state index in [-0.39, 0.29) is 5.91 Å². The van der Waals surface area contributed by atoms with Gasteiger partial charge in [-0.3, -0.25) is 4.79 Å². The van der Waals surface area contributed by atoms with Crippen LogP contribution in [0.1, 0.15) is 18.2 Å². The number of hydrogen-bond donors (Lipinski definition) is 1. The van der Waals surface area contributed by atoms with Crippen molar-refractivity contribution in [1.82, 2.24) is 4.90 Å². The van der Waals surface area contributed by atoms with Gasteiger partial charge in [0.05, 0.1) is 18.8 Å². The molecule has 2 aromatic rings. The molecule has 2 rings (SSSR count). The third-order valence-electron chi connectivity index (χ3n) is 3.24. The Bertz CT molecular complexity index is 523. The third-order valence-corrected chi connectivity index (χ3v) is 3.24. The second-order valence-electron chi connectivity index (χ2n) is 4.73. The number of likely N-dealkylation sites (N-methyl/N-ethyl adjacent to an activating group) is 1. The molecule has 0 aliphatic rings. The Morgan fingerprint density at radius 3 is 2.60 bits per heavy atom. The van der Waals surface area contributed by atoms with E-state index in [1.807, 2.05) is 49.4 Å². The molecule has 0 saturated carbocycles. The SMILES string of the molecule is CCN(Cc1ccco1)C(=O)[C@@H](N)Cc1ccccc1. The van der Waals surface area contributed by atoms with E-state index in [1.54, 1.807) is 11.2 Å². The number of nitrogens with two attached hydrogens (primary N) is 1. The first kappa shape index (κ1) is 14.3. The van der Waals surface area contributed by atoms with Crippen LogP contribution in [0.5, 0.6) is 0 Å². The van der Waals surface area contributed by atoms with Crippen molar-refractivity contribution in [1.29, 1.82) is 0 Å². The number of hydrogen-bond acceptors (Lipinski definition) is 3. The van der Waals surface area contributed by atoms with Crippen LogP contribution in [0.2, 0.25) is 0 Å². The van der Waals surface area contributed by atoms with Gasteiger partial charge in [0.15, 0.2) is 0 Å². The van der Waals surface area contributed by atoms with E-state index in [4.69, 9.17) is 10.2 Å². The number of carbonyl (C=O) groups is 1. The average Bonchev–Trinajstić information content (AvgIpc) is 2.98. The van der Waals surface area contributed by atoms with Crippen molar-refractivity contribution in [2.75, 3.05) is 6.54 Å². The molecular weight excluding hydrogens is 252 g/mol. The van der Waals surface area contributed by atoms with Gasteiger partial charge >= 0.3 is 0 Å². The van der Waals surface area contributed by atoms with Crippen LogP contribution >= 0.6 is 0 Å². The van der Waals surface area contributed by atoms with E-state index >= 15 is 0 Å². The zero-order chi connectivity index (χ0) is 14.4. The van der Waals surface area contributed by atoms with Crippen LogP contribution in [0.25, 0.3) is 0 Å². The normalized spacial score (nSPS) is 12.1. The quantitative estimate of drug-likeness (QED) is 0.877. The summed E-state index contributed by atoms with van der Waals surface area (Å²) < 4.78 is 5.28. The lowest BCUT2D eigenvalue weighted by molar-refractivity contribution is -0.133. The van der Waals surface area contributed by atoms with Crippen LogP contribution in [0, 0.1) is 0 Å². The summed E-state index contributed by atoms with van der Waals surface area (Å²) in [5.41, 5.74) is 7.10. The highest BCUT2D eigenvalue weighted by Crippen LogP contribution is 2.09. The molecule has 4 heteroatoms. The van der Waals surface area contributed by atoms with Gasteiger partial charge in [-0.15, -0.1) is 0 Å². The summed E-state index contributed by atoms with van der Waals surface area (Å²) in [4.78, 5) is 14.1.